The standard InChI is InChI=1S/C23H30N8O5S/c1-15-12-25-19-18(15)20(27-14-26-19)30-9-7-23(8-10-30,13-31(24)37(34)35)21(32)28-16-5-4-6-17(11-16)36-22(33)29(2)3/h4-6,11-12,14H,7-10,13,24H2,1-3H3,(H,28,32)(H,34,35)(H,25,26,27). The van der Waals surface area contributed by atoms with Crippen LogP contribution in [0.5, 0.6) is 5.75 Å². The van der Waals surface area contributed by atoms with E-state index < -0.39 is 22.8 Å². The van der Waals surface area contributed by atoms with E-state index in [2.05, 4.69) is 25.2 Å². The molecule has 1 saturated heterocycles. The Morgan fingerprint density at radius 1 is 1.30 bits per heavy atom. The van der Waals surface area contributed by atoms with Crippen LogP contribution in [0.3, 0.4) is 0 Å². The summed E-state index contributed by atoms with van der Waals surface area (Å²) in [6.07, 6.45) is 3.53. The Bertz CT molecular complexity index is 1320. The minimum absolute atomic E-state index is 0.131. The Balaban J connectivity index is 1.55. The SMILES string of the molecule is Cc1c[nH]c2ncnc(N3CCC(CN(N)S(=O)O)(C(=O)Nc4cccc(OC(=O)N(C)C)c4)CC3)c12. The first kappa shape index (κ1) is 26.5. The fraction of sp³-hybridized carbons (Fsp3) is 0.391. The number of aryl methyl sites for hydroxylation is 1. The van der Waals surface area contributed by atoms with Crippen molar-refractivity contribution in [2.24, 2.45) is 11.3 Å². The molecule has 198 valence electrons. The van der Waals surface area contributed by atoms with E-state index in [0.29, 0.717) is 31.6 Å². The summed E-state index contributed by atoms with van der Waals surface area (Å²) >= 11 is -2.45. The molecule has 14 heteroatoms. The molecule has 0 spiro atoms. The molecular formula is C23H30N8O5S. The second kappa shape index (κ2) is 10.8. The van der Waals surface area contributed by atoms with E-state index in [1.807, 2.05) is 13.1 Å². The van der Waals surface area contributed by atoms with Crippen LogP contribution < -0.4 is 20.8 Å². The van der Waals surface area contributed by atoms with Gasteiger partial charge in [0.1, 0.15) is 23.5 Å². The van der Waals surface area contributed by atoms with Gasteiger partial charge in [0.05, 0.1) is 10.8 Å². The number of carbonyl (C=O) groups excluding carboxylic acids is 2. The molecule has 1 aliphatic heterocycles. The second-order valence-corrected chi connectivity index (χ2v) is 10.1. The predicted octanol–water partition coefficient (Wildman–Crippen LogP) is 1.86. The van der Waals surface area contributed by atoms with Gasteiger partial charge in [0, 0.05) is 51.7 Å². The second-order valence-electron chi connectivity index (χ2n) is 9.21. The van der Waals surface area contributed by atoms with E-state index in [9.17, 15) is 18.4 Å². The van der Waals surface area contributed by atoms with Gasteiger partial charge < -0.3 is 24.8 Å². The molecule has 0 aliphatic carbocycles. The highest BCUT2D eigenvalue weighted by molar-refractivity contribution is 7.76. The number of anilines is 2. The third-order valence-corrected chi connectivity index (χ3v) is 7.00. The monoisotopic (exact) mass is 530 g/mol. The quantitative estimate of drug-likeness (QED) is 0.202. The van der Waals surface area contributed by atoms with Crippen molar-refractivity contribution >= 4 is 45.8 Å². The summed E-state index contributed by atoms with van der Waals surface area (Å²) in [7, 11) is 3.13. The minimum Gasteiger partial charge on any atom is -0.410 e. The Morgan fingerprint density at radius 2 is 2.03 bits per heavy atom. The number of nitrogens with zero attached hydrogens (tertiary/aromatic N) is 5. The molecule has 2 aromatic heterocycles. The highest BCUT2D eigenvalue weighted by Gasteiger charge is 2.44. The molecule has 5 N–H and O–H groups in total. The molecule has 3 heterocycles. The summed E-state index contributed by atoms with van der Waals surface area (Å²) < 4.78 is 27.2. The number of H-pyrrole nitrogens is 1. The summed E-state index contributed by atoms with van der Waals surface area (Å²) in [6, 6.07) is 6.47. The number of amides is 2. The van der Waals surface area contributed by atoms with Gasteiger partial charge in [-0.1, -0.05) is 6.07 Å². The van der Waals surface area contributed by atoms with E-state index in [4.69, 9.17) is 10.6 Å². The molecule has 1 aromatic carbocycles. The molecule has 1 atom stereocenters. The van der Waals surface area contributed by atoms with Crippen LogP contribution in [0.2, 0.25) is 0 Å². The largest absolute Gasteiger partial charge is 0.414 e. The maximum Gasteiger partial charge on any atom is 0.414 e. The van der Waals surface area contributed by atoms with E-state index in [-0.39, 0.29) is 18.2 Å². The highest BCUT2D eigenvalue weighted by atomic mass is 32.2. The van der Waals surface area contributed by atoms with Crippen LogP contribution in [0.15, 0.2) is 36.8 Å². The van der Waals surface area contributed by atoms with Gasteiger partial charge in [-0.3, -0.25) is 15.2 Å². The Morgan fingerprint density at radius 3 is 2.70 bits per heavy atom. The lowest BCUT2D eigenvalue weighted by Crippen LogP contribution is -2.54. The zero-order valence-corrected chi connectivity index (χ0v) is 21.6. The van der Waals surface area contributed by atoms with Crippen LogP contribution >= 0.6 is 0 Å². The summed E-state index contributed by atoms with van der Waals surface area (Å²) in [4.78, 5) is 40.8. The van der Waals surface area contributed by atoms with Gasteiger partial charge in [0.25, 0.3) is 0 Å². The maximum atomic E-state index is 13.6. The van der Waals surface area contributed by atoms with Crippen molar-refractivity contribution in [1.82, 2.24) is 24.3 Å². The fourth-order valence-electron chi connectivity index (χ4n) is 4.39. The van der Waals surface area contributed by atoms with Crippen molar-refractivity contribution in [3.63, 3.8) is 0 Å². The smallest absolute Gasteiger partial charge is 0.410 e. The number of hydrogen-bond donors (Lipinski definition) is 4. The first-order valence-corrected chi connectivity index (χ1v) is 12.6. The zero-order chi connectivity index (χ0) is 26.7. The van der Waals surface area contributed by atoms with E-state index >= 15 is 0 Å². The van der Waals surface area contributed by atoms with Gasteiger partial charge in [-0.2, -0.15) is 0 Å². The number of hydrazine groups is 1. The van der Waals surface area contributed by atoms with Crippen molar-refractivity contribution in [3.8, 4) is 5.75 Å². The lowest BCUT2D eigenvalue weighted by molar-refractivity contribution is -0.127. The van der Waals surface area contributed by atoms with Crippen LogP contribution in [-0.4, -0.2) is 78.8 Å². The topological polar surface area (TPSA) is 170 Å². The molecule has 3 aromatic rings. The maximum absolute atomic E-state index is 13.6. The number of hydrogen-bond acceptors (Lipinski definition) is 8. The molecule has 13 nitrogen and oxygen atoms in total. The van der Waals surface area contributed by atoms with E-state index in [0.717, 1.165) is 26.8 Å². The highest BCUT2D eigenvalue weighted by Crippen LogP contribution is 2.37. The average Bonchev–Trinajstić information content (AvgIpc) is 3.25. The lowest BCUT2D eigenvalue weighted by Gasteiger charge is -2.42. The third kappa shape index (κ3) is 5.72. The van der Waals surface area contributed by atoms with Gasteiger partial charge in [-0.15, -0.1) is 4.41 Å². The molecule has 0 radical (unpaired) electrons. The van der Waals surface area contributed by atoms with Crippen LogP contribution in [0.25, 0.3) is 11.0 Å². The number of benzene rings is 1. The van der Waals surface area contributed by atoms with Crippen LogP contribution in [0.1, 0.15) is 18.4 Å². The van der Waals surface area contributed by atoms with Gasteiger partial charge in [-0.05, 0) is 37.5 Å². The van der Waals surface area contributed by atoms with Crippen LogP contribution in [-0.2, 0) is 16.1 Å². The summed E-state index contributed by atoms with van der Waals surface area (Å²) in [5.41, 5.74) is 1.11. The number of fused-ring (bicyclic) bond motifs is 1. The Labute approximate surface area is 216 Å². The third-order valence-electron chi connectivity index (χ3n) is 6.47. The van der Waals surface area contributed by atoms with Crippen molar-refractivity contribution < 1.29 is 23.1 Å². The fourth-order valence-corrected chi connectivity index (χ4v) is 4.75. The first-order valence-electron chi connectivity index (χ1n) is 11.6. The summed E-state index contributed by atoms with van der Waals surface area (Å²) in [5, 5.41) is 3.79. The molecule has 1 unspecified atom stereocenters. The van der Waals surface area contributed by atoms with Crippen molar-refractivity contribution in [1.29, 1.82) is 0 Å². The molecule has 2 amide bonds. The molecule has 1 aliphatic rings. The van der Waals surface area contributed by atoms with Crippen LogP contribution in [0, 0.1) is 12.3 Å². The van der Waals surface area contributed by atoms with Crippen molar-refractivity contribution in [2.45, 2.75) is 19.8 Å². The van der Waals surface area contributed by atoms with Crippen molar-refractivity contribution in [2.75, 3.05) is 43.9 Å². The van der Waals surface area contributed by atoms with E-state index in [1.165, 1.54) is 11.2 Å². The Hall–Kier alpha value is -3.59. The number of nitrogens with one attached hydrogen (secondary N) is 2. The van der Waals surface area contributed by atoms with Gasteiger partial charge in [0.15, 0.2) is 0 Å². The number of piperidine rings is 1. The zero-order valence-electron chi connectivity index (χ0n) is 20.8. The van der Waals surface area contributed by atoms with Gasteiger partial charge >= 0.3 is 6.09 Å². The predicted molar refractivity (Wildman–Crippen MR) is 139 cm³/mol. The van der Waals surface area contributed by atoms with Crippen LogP contribution in [0.4, 0.5) is 16.3 Å². The van der Waals surface area contributed by atoms with Gasteiger partial charge in [0.2, 0.25) is 17.2 Å². The molecule has 0 bridgehead atoms. The Kier molecular flexibility index (Phi) is 7.73. The van der Waals surface area contributed by atoms with E-state index in [1.54, 1.807) is 38.4 Å². The van der Waals surface area contributed by atoms with Gasteiger partial charge in [-0.25, -0.2) is 19.0 Å². The number of carbonyl (C=O) groups is 2. The molecule has 0 saturated carbocycles. The molecule has 4 rings (SSSR count). The minimum atomic E-state index is -2.45. The number of ether oxygens (including phenoxy) is 1. The molecule has 37 heavy (non-hydrogen) atoms. The number of aromatic nitrogens is 3. The van der Waals surface area contributed by atoms with Crippen molar-refractivity contribution in [3.05, 3.63) is 42.4 Å². The summed E-state index contributed by atoms with van der Waals surface area (Å²) in [5.74, 6) is 6.49. The summed E-state index contributed by atoms with van der Waals surface area (Å²) in [6.45, 7) is 2.78. The molecule has 1 fully saturated rings. The lowest BCUT2D eigenvalue weighted by atomic mass is 9.77. The first-order chi connectivity index (χ1) is 17.6. The number of rotatable bonds is 7. The average molecular weight is 531 g/mol. The number of nitrogens with two attached hydrogens (primary N) is 1. The molecular weight excluding hydrogens is 500 g/mol. The number of aromatic amines is 1. The normalized spacial score (nSPS) is 16.0.